The fourth-order valence-corrected chi connectivity index (χ4v) is 3.10. The van der Waals surface area contributed by atoms with Crippen molar-refractivity contribution >= 4 is 23.2 Å². The van der Waals surface area contributed by atoms with E-state index in [2.05, 4.69) is 12.1 Å². The van der Waals surface area contributed by atoms with Crippen LogP contribution in [0.15, 0.2) is 24.3 Å². The molecule has 0 aromatic heterocycles. The minimum Gasteiger partial charge on any atom is -0.126 e. The molecule has 0 radical (unpaired) electrons. The molecule has 0 spiro atoms. The SMILES string of the molecule is ClCC(CC1CCCC1)c1ccc(Cl)cc1. The Hall–Kier alpha value is -0.200. The maximum Gasteiger partial charge on any atom is 0.0406 e. The summed E-state index contributed by atoms with van der Waals surface area (Å²) in [5.74, 6) is 2.11. The van der Waals surface area contributed by atoms with E-state index in [0.29, 0.717) is 5.92 Å². The van der Waals surface area contributed by atoms with Gasteiger partial charge in [-0.05, 0) is 36.0 Å². The van der Waals surface area contributed by atoms with Crippen molar-refractivity contribution in [2.45, 2.75) is 38.0 Å². The van der Waals surface area contributed by atoms with Crippen molar-refractivity contribution in [3.63, 3.8) is 0 Å². The predicted molar refractivity (Wildman–Crippen MR) is 71.5 cm³/mol. The fraction of sp³-hybridized carbons (Fsp3) is 0.571. The molecule has 1 aromatic carbocycles. The Labute approximate surface area is 108 Å². The average molecular weight is 257 g/mol. The van der Waals surface area contributed by atoms with Crippen LogP contribution >= 0.6 is 23.2 Å². The summed E-state index contributed by atoms with van der Waals surface area (Å²) in [6, 6.07) is 8.16. The van der Waals surface area contributed by atoms with E-state index in [0.717, 1.165) is 16.8 Å². The van der Waals surface area contributed by atoms with E-state index in [-0.39, 0.29) is 0 Å². The van der Waals surface area contributed by atoms with E-state index in [4.69, 9.17) is 23.2 Å². The average Bonchev–Trinajstić information content (AvgIpc) is 2.80. The Bertz CT molecular complexity index is 312. The van der Waals surface area contributed by atoms with E-state index in [1.807, 2.05) is 12.1 Å². The van der Waals surface area contributed by atoms with Gasteiger partial charge in [-0.1, -0.05) is 49.4 Å². The summed E-state index contributed by atoms with van der Waals surface area (Å²) < 4.78 is 0. The molecule has 0 saturated heterocycles. The van der Waals surface area contributed by atoms with Crippen LogP contribution in [0.4, 0.5) is 0 Å². The molecule has 2 heteroatoms. The van der Waals surface area contributed by atoms with Gasteiger partial charge in [-0.2, -0.15) is 0 Å². The quantitative estimate of drug-likeness (QED) is 0.647. The maximum atomic E-state index is 6.09. The molecule has 0 N–H and O–H groups in total. The highest BCUT2D eigenvalue weighted by Gasteiger charge is 2.20. The van der Waals surface area contributed by atoms with Crippen molar-refractivity contribution in [1.82, 2.24) is 0 Å². The molecule has 16 heavy (non-hydrogen) atoms. The number of benzene rings is 1. The van der Waals surface area contributed by atoms with Crippen LogP contribution in [0.1, 0.15) is 43.6 Å². The number of halogens is 2. The van der Waals surface area contributed by atoms with Crippen LogP contribution in [0.25, 0.3) is 0 Å². The molecule has 0 amide bonds. The number of rotatable bonds is 4. The third-order valence-corrected chi connectivity index (χ3v) is 4.24. The molecular formula is C14H18Cl2. The molecular weight excluding hydrogens is 239 g/mol. The van der Waals surface area contributed by atoms with Gasteiger partial charge in [-0.25, -0.2) is 0 Å². The van der Waals surface area contributed by atoms with Gasteiger partial charge in [0.1, 0.15) is 0 Å². The predicted octanol–water partition coefficient (Wildman–Crippen LogP) is 5.24. The number of alkyl halides is 1. The van der Waals surface area contributed by atoms with Gasteiger partial charge in [0.2, 0.25) is 0 Å². The summed E-state index contributed by atoms with van der Waals surface area (Å²) in [5.41, 5.74) is 1.34. The molecule has 0 bridgehead atoms. The zero-order valence-electron chi connectivity index (χ0n) is 9.46. The monoisotopic (exact) mass is 256 g/mol. The molecule has 1 saturated carbocycles. The second kappa shape index (κ2) is 5.93. The molecule has 1 unspecified atom stereocenters. The van der Waals surface area contributed by atoms with Crippen LogP contribution in [0, 0.1) is 5.92 Å². The van der Waals surface area contributed by atoms with Crippen molar-refractivity contribution in [3.8, 4) is 0 Å². The van der Waals surface area contributed by atoms with Crippen molar-refractivity contribution in [2.75, 3.05) is 5.88 Å². The molecule has 1 aliphatic rings. The molecule has 0 nitrogen and oxygen atoms in total. The second-order valence-electron chi connectivity index (χ2n) is 4.79. The van der Waals surface area contributed by atoms with Crippen LogP contribution in [0.2, 0.25) is 5.02 Å². The van der Waals surface area contributed by atoms with E-state index < -0.39 is 0 Å². The van der Waals surface area contributed by atoms with Gasteiger partial charge < -0.3 is 0 Å². The summed E-state index contributed by atoms with van der Waals surface area (Å²) in [6.07, 6.45) is 6.83. The van der Waals surface area contributed by atoms with E-state index in [1.165, 1.54) is 37.7 Å². The minimum atomic E-state index is 0.502. The van der Waals surface area contributed by atoms with Crippen LogP contribution in [0.3, 0.4) is 0 Å². The lowest BCUT2D eigenvalue weighted by atomic mass is 9.89. The van der Waals surface area contributed by atoms with E-state index >= 15 is 0 Å². The first-order valence-corrected chi connectivity index (χ1v) is 7.02. The molecule has 1 aromatic rings. The summed E-state index contributed by atoms with van der Waals surface area (Å²) in [7, 11) is 0. The topological polar surface area (TPSA) is 0 Å². The second-order valence-corrected chi connectivity index (χ2v) is 5.53. The fourth-order valence-electron chi connectivity index (χ4n) is 2.67. The summed E-state index contributed by atoms with van der Waals surface area (Å²) >= 11 is 12.0. The van der Waals surface area contributed by atoms with Gasteiger partial charge in [0.25, 0.3) is 0 Å². The standard InChI is InChI=1S/C14H18Cl2/c15-10-13(9-11-3-1-2-4-11)12-5-7-14(16)8-6-12/h5-8,11,13H,1-4,9-10H2. The first-order chi connectivity index (χ1) is 7.79. The molecule has 2 rings (SSSR count). The Balaban J connectivity index is 2.00. The Morgan fingerprint density at radius 2 is 1.75 bits per heavy atom. The summed E-state index contributed by atoms with van der Waals surface area (Å²) in [6.45, 7) is 0. The van der Waals surface area contributed by atoms with Crippen LogP contribution in [0.5, 0.6) is 0 Å². The Morgan fingerprint density at radius 3 is 2.31 bits per heavy atom. The lowest BCUT2D eigenvalue weighted by molar-refractivity contribution is 0.462. The number of hydrogen-bond donors (Lipinski definition) is 0. The van der Waals surface area contributed by atoms with Crippen molar-refractivity contribution in [2.24, 2.45) is 5.92 Å². The minimum absolute atomic E-state index is 0.502. The van der Waals surface area contributed by atoms with Crippen molar-refractivity contribution in [3.05, 3.63) is 34.9 Å². The van der Waals surface area contributed by atoms with Gasteiger partial charge in [-0.15, -0.1) is 11.6 Å². The van der Waals surface area contributed by atoms with E-state index in [9.17, 15) is 0 Å². The highest BCUT2D eigenvalue weighted by molar-refractivity contribution is 6.30. The molecule has 0 aliphatic heterocycles. The molecule has 1 atom stereocenters. The first-order valence-electron chi connectivity index (χ1n) is 6.11. The lowest BCUT2D eigenvalue weighted by Gasteiger charge is -2.18. The summed E-state index contributed by atoms with van der Waals surface area (Å²) in [5, 5.41) is 0.804. The Morgan fingerprint density at radius 1 is 1.12 bits per heavy atom. The van der Waals surface area contributed by atoms with Gasteiger partial charge >= 0.3 is 0 Å². The third-order valence-electron chi connectivity index (χ3n) is 3.62. The van der Waals surface area contributed by atoms with Gasteiger partial charge in [0.05, 0.1) is 0 Å². The van der Waals surface area contributed by atoms with Crippen LogP contribution in [-0.2, 0) is 0 Å². The van der Waals surface area contributed by atoms with Gasteiger partial charge in [0.15, 0.2) is 0 Å². The van der Waals surface area contributed by atoms with Gasteiger partial charge in [-0.3, -0.25) is 0 Å². The first kappa shape index (κ1) is 12.3. The van der Waals surface area contributed by atoms with Crippen molar-refractivity contribution in [1.29, 1.82) is 0 Å². The van der Waals surface area contributed by atoms with Crippen molar-refractivity contribution < 1.29 is 0 Å². The zero-order valence-corrected chi connectivity index (χ0v) is 11.0. The lowest BCUT2D eigenvalue weighted by Crippen LogP contribution is -2.06. The van der Waals surface area contributed by atoms with Gasteiger partial charge in [0, 0.05) is 10.9 Å². The van der Waals surface area contributed by atoms with Crippen LogP contribution in [-0.4, -0.2) is 5.88 Å². The molecule has 88 valence electrons. The zero-order chi connectivity index (χ0) is 11.4. The molecule has 0 heterocycles. The van der Waals surface area contributed by atoms with E-state index in [1.54, 1.807) is 0 Å². The number of hydrogen-bond acceptors (Lipinski definition) is 0. The third kappa shape index (κ3) is 3.15. The largest absolute Gasteiger partial charge is 0.126 e. The summed E-state index contributed by atoms with van der Waals surface area (Å²) in [4.78, 5) is 0. The molecule has 1 aliphatic carbocycles. The normalized spacial score (nSPS) is 18.9. The highest BCUT2D eigenvalue weighted by atomic mass is 35.5. The highest BCUT2D eigenvalue weighted by Crippen LogP contribution is 2.34. The smallest absolute Gasteiger partial charge is 0.0406 e. The molecule has 1 fully saturated rings. The maximum absolute atomic E-state index is 6.09. The Kier molecular flexibility index (Phi) is 4.55. The van der Waals surface area contributed by atoms with Crippen LogP contribution < -0.4 is 0 Å².